The summed E-state index contributed by atoms with van der Waals surface area (Å²) in [6.07, 6.45) is 2.26. The third-order valence-electron chi connectivity index (χ3n) is 1.26. The molecule has 0 spiro atoms. The van der Waals surface area contributed by atoms with Crippen LogP contribution >= 0.6 is 0 Å². The molecule has 65 valence electrons. The minimum atomic E-state index is -0.676. The summed E-state index contributed by atoms with van der Waals surface area (Å²) in [4.78, 5) is 10.4. The fourth-order valence-corrected chi connectivity index (χ4v) is 0.761. The van der Waals surface area contributed by atoms with E-state index in [0.717, 1.165) is 0 Å². The van der Waals surface area contributed by atoms with Crippen LogP contribution in [0, 0.1) is 12.1 Å². The summed E-state index contributed by atoms with van der Waals surface area (Å²) >= 11 is 0. The van der Waals surface area contributed by atoms with E-state index >= 15 is 0 Å². The van der Waals surface area contributed by atoms with Gasteiger partial charge in [0.25, 0.3) is 0 Å². The topological polar surface area (TPSA) is 69.1 Å². The van der Waals surface area contributed by atoms with Gasteiger partial charge in [-0.05, 0) is 0 Å². The summed E-state index contributed by atoms with van der Waals surface area (Å²) in [5.74, 6) is -0.676. The summed E-state index contributed by atoms with van der Waals surface area (Å²) in [6.45, 7) is 0. The van der Waals surface area contributed by atoms with Gasteiger partial charge in [-0.2, -0.15) is 12.1 Å². The van der Waals surface area contributed by atoms with Gasteiger partial charge in [-0.15, -0.1) is 6.07 Å². The van der Waals surface area contributed by atoms with Crippen molar-refractivity contribution in [3.05, 3.63) is 42.0 Å². The molecule has 4 heteroatoms. The molecule has 0 aliphatic carbocycles. The molecule has 0 unspecified atom stereocenters. The molecule has 4 N–H and O–H groups in total. The van der Waals surface area contributed by atoms with Crippen LogP contribution in [0.3, 0.4) is 0 Å². The van der Waals surface area contributed by atoms with Crippen molar-refractivity contribution in [1.82, 2.24) is 0 Å². The van der Waals surface area contributed by atoms with Gasteiger partial charge in [-0.3, -0.25) is 10.4 Å². The Balaban J connectivity index is 0.00000144. The van der Waals surface area contributed by atoms with Crippen LogP contribution in [0.1, 0.15) is 5.56 Å². The van der Waals surface area contributed by atoms with Gasteiger partial charge in [0.15, 0.2) is 0 Å². The van der Waals surface area contributed by atoms with Crippen LogP contribution in [0.25, 0.3) is 5.70 Å². The number of carbonyl (C=O) groups is 1. The fraction of sp³-hybridized carbons (Fsp3) is 0. The normalized spacial score (nSPS) is 10.3. The van der Waals surface area contributed by atoms with Gasteiger partial charge in [0, 0.05) is 0 Å². The Kier molecular flexibility index (Phi) is 4.96. The van der Waals surface area contributed by atoms with Crippen LogP contribution in [0.5, 0.6) is 0 Å². The van der Waals surface area contributed by atoms with Gasteiger partial charge in [0.05, 0.1) is 0 Å². The third kappa shape index (κ3) is 3.83. The average molecular weight is 211 g/mol. The van der Waals surface area contributed by atoms with Gasteiger partial charge >= 0.3 is 18.6 Å². The Morgan fingerprint density at radius 3 is 2.54 bits per heavy atom. The number of amides is 1. The summed E-state index contributed by atoms with van der Waals surface area (Å²) in [6, 6.07) is 9.87. The first-order valence-electron chi connectivity index (χ1n) is 3.36. The first-order chi connectivity index (χ1) is 5.70. The molecule has 1 rings (SSSR count). The van der Waals surface area contributed by atoms with Crippen molar-refractivity contribution in [2.24, 2.45) is 11.5 Å². The summed E-state index contributed by atoms with van der Waals surface area (Å²) < 4.78 is 0. The molecular formula is C9H8N2OV. The molecule has 3 nitrogen and oxygen atoms in total. The van der Waals surface area contributed by atoms with Gasteiger partial charge in [0.1, 0.15) is 5.91 Å². The van der Waals surface area contributed by atoms with E-state index in [1.54, 1.807) is 24.3 Å². The second-order valence-corrected chi connectivity index (χ2v) is 2.18. The SMILES string of the molecule is NC(=O)[C-]=C(N)c1[c-]cccc1.[V+2]. The number of carbonyl (C=O) groups excluding carboxylic acids is 1. The van der Waals surface area contributed by atoms with Crippen LogP contribution in [0.2, 0.25) is 0 Å². The molecule has 13 heavy (non-hydrogen) atoms. The number of hydrogen-bond donors (Lipinski definition) is 2. The van der Waals surface area contributed by atoms with Gasteiger partial charge in [-0.25, -0.2) is 23.9 Å². The zero-order chi connectivity index (χ0) is 8.97. The number of benzene rings is 1. The molecule has 0 fully saturated rings. The molecule has 0 atom stereocenters. The number of hydrogen-bond acceptors (Lipinski definition) is 2. The predicted octanol–water partition coefficient (Wildman–Crippen LogP) is 0.0724. The number of nitrogens with two attached hydrogens (primary N) is 2. The van der Waals surface area contributed by atoms with E-state index in [9.17, 15) is 4.79 Å². The average Bonchev–Trinajstić information content (AvgIpc) is 2.05. The van der Waals surface area contributed by atoms with Gasteiger partial charge in [-0.1, -0.05) is 0 Å². The molecular weight excluding hydrogens is 203 g/mol. The summed E-state index contributed by atoms with van der Waals surface area (Å²) in [7, 11) is 0. The second-order valence-electron chi connectivity index (χ2n) is 2.18. The quantitative estimate of drug-likeness (QED) is 0.537. The van der Waals surface area contributed by atoms with E-state index in [4.69, 9.17) is 11.5 Å². The van der Waals surface area contributed by atoms with Crippen molar-refractivity contribution in [3.8, 4) is 0 Å². The summed E-state index contributed by atoms with van der Waals surface area (Å²) in [5, 5.41) is 0. The zero-order valence-electron chi connectivity index (χ0n) is 6.82. The van der Waals surface area contributed by atoms with E-state index in [-0.39, 0.29) is 24.3 Å². The Morgan fingerprint density at radius 2 is 2.08 bits per heavy atom. The smallest absolute Gasteiger partial charge is 0.469 e. The molecule has 0 saturated heterocycles. The number of rotatable bonds is 2. The molecule has 0 aromatic heterocycles. The van der Waals surface area contributed by atoms with Crippen LogP contribution in [-0.4, -0.2) is 5.91 Å². The van der Waals surface area contributed by atoms with E-state index < -0.39 is 5.91 Å². The third-order valence-corrected chi connectivity index (χ3v) is 1.26. The van der Waals surface area contributed by atoms with Crippen molar-refractivity contribution in [3.63, 3.8) is 0 Å². The molecule has 0 aliphatic heterocycles. The zero-order valence-corrected chi connectivity index (χ0v) is 8.22. The molecule has 1 aromatic carbocycles. The van der Waals surface area contributed by atoms with Crippen molar-refractivity contribution >= 4 is 11.6 Å². The van der Waals surface area contributed by atoms with Crippen molar-refractivity contribution in [2.75, 3.05) is 0 Å². The van der Waals surface area contributed by atoms with Crippen LogP contribution in [0.15, 0.2) is 24.3 Å². The van der Waals surface area contributed by atoms with Gasteiger partial charge < -0.3 is 11.5 Å². The Labute approximate surface area is 88.7 Å². The Bertz CT molecular complexity index is 309. The minimum absolute atomic E-state index is 0. The molecule has 1 aromatic rings. The van der Waals surface area contributed by atoms with E-state index in [0.29, 0.717) is 5.56 Å². The first kappa shape index (κ1) is 11.8. The Morgan fingerprint density at radius 1 is 1.38 bits per heavy atom. The maximum atomic E-state index is 10.4. The van der Waals surface area contributed by atoms with E-state index in [2.05, 4.69) is 12.1 Å². The molecule has 0 aliphatic rings. The Hall–Kier alpha value is -1.19. The van der Waals surface area contributed by atoms with Crippen molar-refractivity contribution in [1.29, 1.82) is 0 Å². The largest absolute Gasteiger partial charge is 2.00 e. The van der Waals surface area contributed by atoms with Crippen LogP contribution < -0.4 is 11.5 Å². The standard InChI is InChI=1S/C9H8N2O.V/c10-8(6-9(11)12)7-4-2-1-3-5-7;/h1-4H,10H2,(H2,11,12);/q-2;+2. The van der Waals surface area contributed by atoms with Crippen LogP contribution in [0.4, 0.5) is 0 Å². The second kappa shape index (κ2) is 5.46. The first-order valence-corrected chi connectivity index (χ1v) is 3.36. The summed E-state index contributed by atoms with van der Waals surface area (Å²) in [5.41, 5.74) is 11.2. The molecule has 0 bridgehead atoms. The molecule has 0 saturated carbocycles. The maximum absolute atomic E-state index is 10.4. The fourth-order valence-electron chi connectivity index (χ4n) is 0.761. The molecule has 0 heterocycles. The van der Waals surface area contributed by atoms with Crippen LogP contribution in [-0.2, 0) is 23.4 Å². The number of primary amides is 1. The predicted molar refractivity (Wildman–Crippen MR) is 45.3 cm³/mol. The van der Waals surface area contributed by atoms with Crippen molar-refractivity contribution < 1.29 is 23.4 Å². The molecule has 1 radical (unpaired) electrons. The molecule has 1 amide bonds. The van der Waals surface area contributed by atoms with Crippen molar-refractivity contribution in [2.45, 2.75) is 0 Å². The monoisotopic (exact) mass is 211 g/mol. The van der Waals surface area contributed by atoms with E-state index in [1.165, 1.54) is 0 Å². The maximum Gasteiger partial charge on any atom is 2.00 e. The van der Waals surface area contributed by atoms with Gasteiger partial charge in [0.2, 0.25) is 0 Å². The van der Waals surface area contributed by atoms with E-state index in [1.807, 2.05) is 0 Å². The minimum Gasteiger partial charge on any atom is -0.469 e.